The van der Waals surface area contributed by atoms with E-state index in [2.05, 4.69) is 82.3 Å². The third-order valence-electron chi connectivity index (χ3n) is 8.91. The standard InChI is InChI=1S/C36H51N.C2H6/c1-5-7-9-11-13-17-25-36(26-18-14-12-10-8-6-2)32-24-21-28-19-15-16-20-30(28)34(32)31-23-22-29(27-33(31)36)35(3,4)37;1-2/h15-16,19-24,27H,5-14,17-18,25-26,37H2,1-4H3;1-2H3. The zero-order valence-corrected chi connectivity index (χ0v) is 26.2. The molecule has 0 bridgehead atoms. The molecule has 0 spiro atoms. The lowest BCUT2D eigenvalue weighted by atomic mass is 9.70. The molecule has 0 saturated carbocycles. The Hall–Kier alpha value is -2.12. The van der Waals surface area contributed by atoms with E-state index in [0.29, 0.717) is 0 Å². The van der Waals surface area contributed by atoms with Gasteiger partial charge in [-0.15, -0.1) is 0 Å². The first-order valence-corrected chi connectivity index (χ1v) is 16.4. The summed E-state index contributed by atoms with van der Waals surface area (Å²) in [5.74, 6) is 0. The number of fused-ring (bicyclic) bond motifs is 5. The van der Waals surface area contributed by atoms with E-state index in [4.69, 9.17) is 5.73 Å². The van der Waals surface area contributed by atoms with Crippen molar-refractivity contribution in [3.8, 4) is 11.1 Å². The van der Waals surface area contributed by atoms with Crippen LogP contribution in [0.25, 0.3) is 21.9 Å². The fourth-order valence-corrected chi connectivity index (χ4v) is 6.74. The van der Waals surface area contributed by atoms with Crippen molar-refractivity contribution in [1.82, 2.24) is 0 Å². The van der Waals surface area contributed by atoms with Gasteiger partial charge in [0.25, 0.3) is 0 Å². The highest BCUT2D eigenvalue weighted by molar-refractivity contribution is 6.02. The van der Waals surface area contributed by atoms with E-state index >= 15 is 0 Å². The fraction of sp³-hybridized carbons (Fsp3) is 0.579. The van der Waals surface area contributed by atoms with E-state index in [1.54, 1.807) is 11.1 Å². The van der Waals surface area contributed by atoms with E-state index in [9.17, 15) is 0 Å². The normalized spacial score (nSPS) is 13.6. The van der Waals surface area contributed by atoms with Gasteiger partial charge < -0.3 is 5.73 Å². The summed E-state index contributed by atoms with van der Waals surface area (Å²) in [5.41, 5.74) is 13.8. The molecule has 3 aromatic carbocycles. The molecule has 1 nitrogen and oxygen atoms in total. The van der Waals surface area contributed by atoms with Crippen molar-refractivity contribution in [3.05, 3.63) is 71.3 Å². The molecule has 1 aliphatic rings. The second-order valence-electron chi connectivity index (χ2n) is 12.3. The minimum Gasteiger partial charge on any atom is -0.322 e. The number of rotatable bonds is 15. The van der Waals surface area contributed by atoms with Gasteiger partial charge in [-0.2, -0.15) is 0 Å². The van der Waals surface area contributed by atoms with Crippen LogP contribution in [0.5, 0.6) is 0 Å². The number of benzene rings is 3. The molecule has 0 unspecified atom stereocenters. The summed E-state index contributed by atoms with van der Waals surface area (Å²) in [7, 11) is 0. The van der Waals surface area contributed by atoms with Gasteiger partial charge in [0, 0.05) is 11.0 Å². The number of nitrogens with two attached hydrogens (primary N) is 1. The molecule has 0 fully saturated rings. The van der Waals surface area contributed by atoms with Crippen molar-refractivity contribution < 1.29 is 0 Å². The molecule has 0 saturated heterocycles. The SMILES string of the molecule is CC.CCCCCCCCC1(CCCCCCCC)c2cc(C(C)(C)N)ccc2-c2c1ccc1ccccc21. The Kier molecular flexibility index (Phi) is 12.1. The van der Waals surface area contributed by atoms with E-state index in [0.717, 1.165) is 0 Å². The number of hydrogen-bond donors (Lipinski definition) is 1. The third-order valence-corrected chi connectivity index (χ3v) is 8.91. The van der Waals surface area contributed by atoms with Gasteiger partial charge in [-0.1, -0.05) is 159 Å². The van der Waals surface area contributed by atoms with Gasteiger partial charge in [0.05, 0.1) is 0 Å². The summed E-state index contributed by atoms with van der Waals surface area (Å²) >= 11 is 0. The zero-order chi connectivity index (χ0) is 28.3. The molecule has 1 aliphatic carbocycles. The van der Waals surface area contributed by atoms with Crippen LogP contribution in [0.2, 0.25) is 0 Å². The Labute approximate surface area is 241 Å². The van der Waals surface area contributed by atoms with E-state index < -0.39 is 0 Å². The Balaban J connectivity index is 0.00000205. The van der Waals surface area contributed by atoms with Crippen molar-refractivity contribution in [2.75, 3.05) is 0 Å². The molecule has 0 aliphatic heterocycles. The molecule has 0 aromatic heterocycles. The number of hydrogen-bond acceptors (Lipinski definition) is 1. The molecule has 0 heterocycles. The monoisotopic (exact) mass is 527 g/mol. The molecule has 0 amide bonds. The summed E-state index contributed by atoms with van der Waals surface area (Å²) in [6.07, 6.45) is 18.7. The van der Waals surface area contributed by atoms with Crippen molar-refractivity contribution in [3.63, 3.8) is 0 Å². The van der Waals surface area contributed by atoms with Gasteiger partial charge in [-0.3, -0.25) is 0 Å². The topological polar surface area (TPSA) is 26.0 Å². The Morgan fingerprint density at radius 3 is 1.79 bits per heavy atom. The van der Waals surface area contributed by atoms with Crippen molar-refractivity contribution in [1.29, 1.82) is 0 Å². The van der Waals surface area contributed by atoms with Crippen LogP contribution in [-0.2, 0) is 11.0 Å². The quantitative estimate of drug-likeness (QED) is 0.195. The molecule has 39 heavy (non-hydrogen) atoms. The Morgan fingerprint density at radius 2 is 1.21 bits per heavy atom. The van der Waals surface area contributed by atoms with Gasteiger partial charge in [-0.25, -0.2) is 0 Å². The first kappa shape index (κ1) is 31.4. The largest absolute Gasteiger partial charge is 0.322 e. The summed E-state index contributed by atoms with van der Waals surface area (Å²) in [5, 5.41) is 2.76. The maximum Gasteiger partial charge on any atom is 0.0352 e. The van der Waals surface area contributed by atoms with E-state index in [1.165, 1.54) is 117 Å². The summed E-state index contributed by atoms with van der Waals surface area (Å²) < 4.78 is 0. The van der Waals surface area contributed by atoms with Crippen LogP contribution in [0.4, 0.5) is 0 Å². The highest BCUT2D eigenvalue weighted by atomic mass is 14.7. The van der Waals surface area contributed by atoms with E-state index in [1.807, 2.05) is 13.8 Å². The van der Waals surface area contributed by atoms with Gasteiger partial charge >= 0.3 is 0 Å². The van der Waals surface area contributed by atoms with E-state index in [-0.39, 0.29) is 11.0 Å². The molecular weight excluding hydrogens is 470 g/mol. The fourth-order valence-electron chi connectivity index (χ4n) is 6.74. The minimum atomic E-state index is -0.335. The van der Waals surface area contributed by atoms with Crippen LogP contribution in [0.3, 0.4) is 0 Å². The van der Waals surface area contributed by atoms with Gasteiger partial charge in [0.1, 0.15) is 0 Å². The van der Waals surface area contributed by atoms with Gasteiger partial charge in [0.15, 0.2) is 0 Å². The molecule has 3 aromatic rings. The Morgan fingerprint density at radius 1 is 0.641 bits per heavy atom. The first-order valence-electron chi connectivity index (χ1n) is 16.4. The minimum absolute atomic E-state index is 0.103. The van der Waals surface area contributed by atoms with Crippen LogP contribution < -0.4 is 5.73 Å². The first-order chi connectivity index (χ1) is 18.9. The summed E-state index contributed by atoms with van der Waals surface area (Å²) in [4.78, 5) is 0. The molecule has 4 rings (SSSR count). The molecule has 0 atom stereocenters. The second-order valence-corrected chi connectivity index (χ2v) is 12.3. The molecule has 214 valence electrons. The van der Waals surface area contributed by atoms with Crippen LogP contribution >= 0.6 is 0 Å². The molecular formula is C38H57N. The van der Waals surface area contributed by atoms with Crippen LogP contribution in [0.1, 0.15) is 148 Å². The lowest BCUT2D eigenvalue weighted by Gasteiger charge is -2.34. The van der Waals surface area contributed by atoms with Crippen molar-refractivity contribution in [2.45, 2.75) is 142 Å². The van der Waals surface area contributed by atoms with Crippen LogP contribution in [-0.4, -0.2) is 0 Å². The predicted octanol–water partition coefficient (Wildman–Crippen LogP) is 11.8. The maximum atomic E-state index is 6.67. The third kappa shape index (κ3) is 7.35. The molecule has 2 N–H and O–H groups in total. The average Bonchev–Trinajstić information content (AvgIpc) is 3.23. The van der Waals surface area contributed by atoms with Crippen molar-refractivity contribution >= 4 is 10.8 Å². The highest BCUT2D eigenvalue weighted by Gasteiger charge is 2.43. The highest BCUT2D eigenvalue weighted by Crippen LogP contribution is 2.56. The maximum absolute atomic E-state index is 6.67. The lowest BCUT2D eigenvalue weighted by molar-refractivity contribution is 0.397. The van der Waals surface area contributed by atoms with Gasteiger partial charge in [-0.05, 0) is 65.3 Å². The lowest BCUT2D eigenvalue weighted by Crippen LogP contribution is -2.30. The molecule has 1 heteroatoms. The van der Waals surface area contributed by atoms with Crippen LogP contribution in [0, 0.1) is 0 Å². The van der Waals surface area contributed by atoms with Crippen molar-refractivity contribution in [2.24, 2.45) is 5.73 Å². The smallest absolute Gasteiger partial charge is 0.0352 e. The van der Waals surface area contributed by atoms with Gasteiger partial charge in [0.2, 0.25) is 0 Å². The summed E-state index contributed by atoms with van der Waals surface area (Å²) in [6, 6.07) is 21.0. The second kappa shape index (κ2) is 15.0. The predicted molar refractivity (Wildman–Crippen MR) is 175 cm³/mol. The summed E-state index contributed by atoms with van der Waals surface area (Å²) in [6.45, 7) is 12.9. The number of unbranched alkanes of at least 4 members (excludes halogenated alkanes) is 10. The Bertz CT molecular complexity index is 1130. The van der Waals surface area contributed by atoms with Crippen LogP contribution in [0.15, 0.2) is 54.6 Å². The average molecular weight is 528 g/mol. The zero-order valence-electron chi connectivity index (χ0n) is 26.2. The molecule has 0 radical (unpaired) electrons.